The van der Waals surface area contributed by atoms with Crippen molar-refractivity contribution in [2.24, 2.45) is 0 Å². The number of halogens is 4. The van der Waals surface area contributed by atoms with Crippen molar-refractivity contribution >= 4 is 21.6 Å². The maximum absolute atomic E-state index is 15.6. The smallest absolute Gasteiger partial charge is 0.332 e. The molecular formula is C18H12F4N4OS. The molecule has 0 aliphatic rings. The number of aromatic nitrogens is 4. The minimum atomic E-state index is -4.01. The lowest BCUT2D eigenvalue weighted by Crippen LogP contribution is -2.47. The largest absolute Gasteiger partial charge is 0.377 e. The Balaban J connectivity index is 1.90. The Morgan fingerprint density at radius 3 is 2.57 bits per heavy atom. The van der Waals surface area contributed by atoms with Crippen molar-refractivity contribution in [3.63, 3.8) is 0 Å². The minimum Gasteiger partial charge on any atom is -0.377 e. The molecule has 0 radical (unpaired) electrons. The van der Waals surface area contributed by atoms with Crippen molar-refractivity contribution in [1.82, 2.24) is 19.7 Å². The van der Waals surface area contributed by atoms with Crippen molar-refractivity contribution in [2.45, 2.75) is 18.1 Å². The standard InChI is InChI=1S/C18H12F4N4OS/c19-11-5-6-12(13(20)7-11)17(27,8-26-10-23-9-24-26)18(21,22)16-25-14-3-1-2-4-15(14)28-16/h1-7,9-10,27H,8H2. The van der Waals surface area contributed by atoms with Gasteiger partial charge in [-0.1, -0.05) is 12.1 Å². The lowest BCUT2D eigenvalue weighted by Gasteiger charge is -2.35. The number of para-hydroxylation sites is 1. The molecular weight excluding hydrogens is 396 g/mol. The average Bonchev–Trinajstić information content (AvgIpc) is 3.30. The molecule has 0 bridgehead atoms. The monoisotopic (exact) mass is 408 g/mol. The van der Waals surface area contributed by atoms with Gasteiger partial charge in [0.1, 0.15) is 24.3 Å². The zero-order valence-electron chi connectivity index (χ0n) is 14.1. The first-order valence-corrected chi connectivity index (χ1v) is 8.87. The van der Waals surface area contributed by atoms with Crippen LogP contribution in [0.5, 0.6) is 0 Å². The highest BCUT2D eigenvalue weighted by atomic mass is 32.1. The highest BCUT2D eigenvalue weighted by Gasteiger charge is 2.58. The third-order valence-electron chi connectivity index (χ3n) is 4.32. The van der Waals surface area contributed by atoms with Crippen molar-refractivity contribution in [2.75, 3.05) is 0 Å². The molecule has 0 saturated carbocycles. The molecule has 4 aromatic rings. The van der Waals surface area contributed by atoms with Gasteiger partial charge in [0.2, 0.25) is 0 Å². The summed E-state index contributed by atoms with van der Waals surface area (Å²) >= 11 is 0.684. The van der Waals surface area contributed by atoms with E-state index in [-0.39, 0.29) is 0 Å². The molecule has 1 atom stereocenters. The summed E-state index contributed by atoms with van der Waals surface area (Å²) in [5, 5.41) is 14.1. The van der Waals surface area contributed by atoms with Crippen LogP contribution in [0.1, 0.15) is 10.6 Å². The van der Waals surface area contributed by atoms with Gasteiger partial charge in [-0.2, -0.15) is 13.9 Å². The molecule has 0 aliphatic carbocycles. The van der Waals surface area contributed by atoms with Gasteiger partial charge in [-0.25, -0.2) is 23.4 Å². The van der Waals surface area contributed by atoms with Gasteiger partial charge < -0.3 is 5.11 Å². The second-order valence-corrected chi connectivity index (χ2v) is 7.17. The highest BCUT2D eigenvalue weighted by molar-refractivity contribution is 7.18. The second-order valence-electron chi connectivity index (χ2n) is 6.14. The van der Waals surface area contributed by atoms with E-state index in [9.17, 15) is 13.9 Å². The lowest BCUT2D eigenvalue weighted by molar-refractivity contribution is -0.205. The van der Waals surface area contributed by atoms with Gasteiger partial charge in [-0.15, -0.1) is 11.3 Å². The Morgan fingerprint density at radius 1 is 1.11 bits per heavy atom. The predicted octanol–water partition coefficient (Wildman–Crippen LogP) is 3.85. The van der Waals surface area contributed by atoms with Crippen LogP contribution in [0.3, 0.4) is 0 Å². The molecule has 0 aliphatic heterocycles. The summed E-state index contributed by atoms with van der Waals surface area (Å²) < 4.78 is 60.3. The SMILES string of the molecule is OC(Cn1cncn1)(c1ccc(F)cc1F)C(F)(F)c1nc2ccccc2s1. The van der Waals surface area contributed by atoms with Gasteiger partial charge in [0, 0.05) is 11.6 Å². The van der Waals surface area contributed by atoms with Crippen molar-refractivity contribution in [1.29, 1.82) is 0 Å². The Hall–Kier alpha value is -2.85. The molecule has 2 heterocycles. The topological polar surface area (TPSA) is 63.8 Å². The molecule has 1 N–H and O–H groups in total. The van der Waals surface area contributed by atoms with E-state index in [0.29, 0.717) is 27.6 Å². The number of aliphatic hydroxyl groups is 1. The fourth-order valence-corrected chi connectivity index (χ4v) is 3.92. The number of thiazole rings is 1. The Labute approximate surface area is 159 Å². The number of alkyl halides is 2. The first-order chi connectivity index (χ1) is 13.3. The van der Waals surface area contributed by atoms with Gasteiger partial charge in [0.05, 0.1) is 16.8 Å². The number of hydrogen-bond acceptors (Lipinski definition) is 5. The summed E-state index contributed by atoms with van der Waals surface area (Å²) in [5.74, 6) is -6.27. The van der Waals surface area contributed by atoms with Crippen LogP contribution in [0, 0.1) is 11.6 Å². The minimum absolute atomic E-state index is 0.324. The van der Waals surface area contributed by atoms with Crippen LogP contribution in [0.25, 0.3) is 10.2 Å². The highest BCUT2D eigenvalue weighted by Crippen LogP contribution is 2.49. The number of rotatable bonds is 5. The van der Waals surface area contributed by atoms with Crippen LogP contribution >= 0.6 is 11.3 Å². The number of benzene rings is 2. The van der Waals surface area contributed by atoms with Gasteiger partial charge in [0.25, 0.3) is 0 Å². The molecule has 1 unspecified atom stereocenters. The van der Waals surface area contributed by atoms with Crippen LogP contribution in [0.2, 0.25) is 0 Å². The van der Waals surface area contributed by atoms with Crippen molar-refractivity contribution in [3.8, 4) is 0 Å². The third-order valence-corrected chi connectivity index (χ3v) is 5.42. The van der Waals surface area contributed by atoms with E-state index in [1.165, 1.54) is 0 Å². The Kier molecular flexibility index (Phi) is 4.39. The summed E-state index contributed by atoms with van der Waals surface area (Å²) in [7, 11) is 0. The predicted molar refractivity (Wildman–Crippen MR) is 93.8 cm³/mol. The maximum atomic E-state index is 15.6. The molecule has 144 valence electrons. The maximum Gasteiger partial charge on any atom is 0.332 e. The van der Waals surface area contributed by atoms with Crippen LogP contribution in [0.4, 0.5) is 17.6 Å². The van der Waals surface area contributed by atoms with E-state index in [4.69, 9.17) is 0 Å². The van der Waals surface area contributed by atoms with E-state index < -0.39 is 40.3 Å². The first-order valence-electron chi connectivity index (χ1n) is 8.05. The van der Waals surface area contributed by atoms with Gasteiger partial charge in [-0.3, -0.25) is 0 Å². The summed E-state index contributed by atoms with van der Waals surface area (Å²) in [6.07, 6.45) is 2.21. The zero-order chi connectivity index (χ0) is 19.9. The Morgan fingerprint density at radius 2 is 1.89 bits per heavy atom. The number of fused-ring (bicyclic) bond motifs is 1. The van der Waals surface area contributed by atoms with E-state index in [1.807, 2.05) is 0 Å². The summed E-state index contributed by atoms with van der Waals surface area (Å²) in [6.45, 7) is -0.821. The zero-order valence-corrected chi connectivity index (χ0v) is 14.9. The molecule has 2 aromatic heterocycles. The van der Waals surface area contributed by atoms with Crippen LogP contribution in [-0.4, -0.2) is 24.9 Å². The van der Waals surface area contributed by atoms with E-state index in [2.05, 4.69) is 15.1 Å². The van der Waals surface area contributed by atoms with E-state index in [0.717, 1.165) is 29.5 Å². The number of hydrogen-bond donors (Lipinski definition) is 1. The fraction of sp³-hybridized carbons (Fsp3) is 0.167. The van der Waals surface area contributed by atoms with Crippen LogP contribution in [0.15, 0.2) is 55.1 Å². The van der Waals surface area contributed by atoms with Gasteiger partial charge in [0.15, 0.2) is 10.6 Å². The summed E-state index contributed by atoms with van der Waals surface area (Å²) in [5.41, 5.74) is -3.54. The summed E-state index contributed by atoms with van der Waals surface area (Å²) in [6, 6.07) is 8.52. The van der Waals surface area contributed by atoms with Gasteiger partial charge in [-0.05, 0) is 24.3 Å². The molecule has 2 aromatic carbocycles. The molecule has 0 saturated heterocycles. The average molecular weight is 408 g/mol. The van der Waals surface area contributed by atoms with Crippen molar-refractivity contribution in [3.05, 3.63) is 77.3 Å². The van der Waals surface area contributed by atoms with Gasteiger partial charge >= 0.3 is 5.92 Å². The molecule has 5 nitrogen and oxygen atoms in total. The van der Waals surface area contributed by atoms with Crippen LogP contribution < -0.4 is 0 Å². The first kappa shape index (κ1) is 18.5. The molecule has 0 spiro atoms. The van der Waals surface area contributed by atoms with Crippen molar-refractivity contribution < 1.29 is 22.7 Å². The molecule has 4 rings (SSSR count). The molecule has 0 amide bonds. The summed E-state index contributed by atoms with van der Waals surface area (Å²) in [4.78, 5) is 7.57. The lowest BCUT2D eigenvalue weighted by atomic mass is 9.86. The molecule has 0 fully saturated rings. The number of nitrogens with zero attached hydrogens (tertiary/aromatic N) is 4. The second kappa shape index (κ2) is 6.64. The van der Waals surface area contributed by atoms with E-state index in [1.54, 1.807) is 24.3 Å². The molecule has 10 heteroatoms. The normalized spacial score (nSPS) is 14.3. The van der Waals surface area contributed by atoms with E-state index >= 15 is 8.78 Å². The van der Waals surface area contributed by atoms with Crippen LogP contribution in [-0.2, 0) is 18.1 Å². The Bertz CT molecular complexity index is 1100. The quantitative estimate of drug-likeness (QED) is 0.510. The molecule has 28 heavy (non-hydrogen) atoms. The fourth-order valence-electron chi connectivity index (χ4n) is 2.91. The third kappa shape index (κ3) is 2.94.